The first-order valence-electron chi connectivity index (χ1n) is 14.8. The van der Waals surface area contributed by atoms with Gasteiger partial charge in [0.1, 0.15) is 11.5 Å². The van der Waals surface area contributed by atoms with Crippen LogP contribution >= 0.6 is 0 Å². The molecule has 2 atom stereocenters. The molecule has 3 aliphatic rings. The van der Waals surface area contributed by atoms with E-state index in [2.05, 4.69) is 39.0 Å². The standard InChI is InChI=1S/C31H43N5O4/c37-28-5-1-3-23(17-28)8-10-34-30(38)19-24-9-13-36-22-25(24)4-2-16-40-29-7-6-27(35-14-11-32-12-15-35)18-26(29)20-33-21-31(36)39/h1,3,5-7,17-18,24-25,32-33,37H,2,4,8-16,19-22H2,(H,34,38)/t24-,25-/m0/s1. The summed E-state index contributed by atoms with van der Waals surface area (Å²) in [5.74, 6) is 1.82. The summed E-state index contributed by atoms with van der Waals surface area (Å²) in [6.07, 6.45) is 3.80. The van der Waals surface area contributed by atoms with E-state index in [4.69, 9.17) is 4.74 Å². The van der Waals surface area contributed by atoms with Crippen molar-refractivity contribution in [3.63, 3.8) is 0 Å². The molecular weight excluding hydrogens is 506 g/mol. The highest BCUT2D eigenvalue weighted by atomic mass is 16.5. The number of nitrogens with zero attached hydrogens (tertiary/aromatic N) is 2. The maximum absolute atomic E-state index is 13.1. The van der Waals surface area contributed by atoms with Gasteiger partial charge >= 0.3 is 0 Å². The molecule has 2 fully saturated rings. The topological polar surface area (TPSA) is 106 Å². The van der Waals surface area contributed by atoms with Gasteiger partial charge in [0.05, 0.1) is 13.2 Å². The van der Waals surface area contributed by atoms with E-state index in [-0.39, 0.29) is 29.4 Å². The van der Waals surface area contributed by atoms with E-state index in [0.29, 0.717) is 52.2 Å². The Hall–Kier alpha value is -3.30. The second kappa shape index (κ2) is 13.9. The summed E-state index contributed by atoms with van der Waals surface area (Å²) in [4.78, 5) is 30.3. The Morgan fingerprint density at radius 3 is 2.75 bits per heavy atom. The molecule has 0 unspecified atom stereocenters. The van der Waals surface area contributed by atoms with Gasteiger partial charge in [-0.15, -0.1) is 0 Å². The first-order chi connectivity index (χ1) is 19.5. The number of fused-ring (bicyclic) bond motifs is 3. The fraction of sp³-hybridized carbons (Fsp3) is 0.548. The molecule has 216 valence electrons. The molecular formula is C31H43N5O4. The second-order valence-corrected chi connectivity index (χ2v) is 11.2. The molecule has 2 amide bonds. The number of phenolic OH excluding ortho intramolecular Hbond substituents is 1. The zero-order valence-electron chi connectivity index (χ0n) is 23.4. The molecule has 2 aromatic carbocycles. The molecule has 3 heterocycles. The zero-order chi connectivity index (χ0) is 27.7. The minimum absolute atomic E-state index is 0.0555. The van der Waals surface area contributed by atoms with Gasteiger partial charge in [-0.05, 0) is 73.4 Å². The quantitative estimate of drug-likeness (QED) is 0.438. The van der Waals surface area contributed by atoms with Crippen LogP contribution in [-0.4, -0.2) is 80.8 Å². The lowest BCUT2D eigenvalue weighted by Crippen LogP contribution is -2.47. The van der Waals surface area contributed by atoms with Crippen LogP contribution in [0.3, 0.4) is 0 Å². The number of phenols is 1. The molecule has 0 saturated carbocycles. The molecule has 0 aromatic heterocycles. The third kappa shape index (κ3) is 7.67. The molecule has 5 rings (SSSR count). The highest BCUT2D eigenvalue weighted by Crippen LogP contribution is 2.31. The van der Waals surface area contributed by atoms with Crippen molar-refractivity contribution >= 4 is 17.5 Å². The lowest BCUT2D eigenvalue weighted by molar-refractivity contribution is -0.133. The number of nitrogens with one attached hydrogen (secondary N) is 3. The van der Waals surface area contributed by atoms with E-state index in [1.165, 1.54) is 5.69 Å². The highest BCUT2D eigenvalue weighted by Gasteiger charge is 2.32. The number of aromatic hydroxyl groups is 1. The fourth-order valence-corrected chi connectivity index (χ4v) is 6.18. The predicted molar refractivity (Wildman–Crippen MR) is 156 cm³/mol. The van der Waals surface area contributed by atoms with Crippen molar-refractivity contribution in [2.45, 2.75) is 38.6 Å². The first-order valence-corrected chi connectivity index (χ1v) is 14.8. The summed E-state index contributed by atoms with van der Waals surface area (Å²) in [7, 11) is 0. The number of amides is 2. The highest BCUT2D eigenvalue weighted by molar-refractivity contribution is 5.79. The average molecular weight is 550 g/mol. The van der Waals surface area contributed by atoms with E-state index in [1.807, 2.05) is 17.0 Å². The number of piperazine rings is 1. The maximum Gasteiger partial charge on any atom is 0.236 e. The lowest BCUT2D eigenvalue weighted by atomic mass is 9.80. The third-order valence-electron chi connectivity index (χ3n) is 8.43. The van der Waals surface area contributed by atoms with Crippen LogP contribution in [0.1, 0.15) is 36.8 Å². The third-order valence-corrected chi connectivity index (χ3v) is 8.43. The molecule has 9 heteroatoms. The number of rotatable bonds is 6. The normalized spacial score (nSPS) is 22.2. The van der Waals surface area contributed by atoms with Crippen LogP contribution in [0.5, 0.6) is 11.5 Å². The van der Waals surface area contributed by atoms with Crippen molar-refractivity contribution in [3.05, 3.63) is 53.6 Å². The van der Waals surface area contributed by atoms with Crippen molar-refractivity contribution in [1.29, 1.82) is 0 Å². The van der Waals surface area contributed by atoms with Crippen LogP contribution in [0, 0.1) is 11.8 Å². The van der Waals surface area contributed by atoms with Gasteiger partial charge in [-0.3, -0.25) is 9.59 Å². The Balaban J connectivity index is 1.17. The van der Waals surface area contributed by atoms with Gasteiger partial charge in [-0.1, -0.05) is 12.1 Å². The lowest BCUT2D eigenvalue weighted by Gasteiger charge is -2.38. The van der Waals surface area contributed by atoms with Crippen molar-refractivity contribution in [2.24, 2.45) is 11.8 Å². The molecule has 0 radical (unpaired) electrons. The monoisotopic (exact) mass is 549 g/mol. The van der Waals surface area contributed by atoms with Crippen LogP contribution in [0.4, 0.5) is 5.69 Å². The maximum atomic E-state index is 13.1. The Bertz CT molecular complexity index is 1150. The summed E-state index contributed by atoms with van der Waals surface area (Å²) >= 11 is 0. The summed E-state index contributed by atoms with van der Waals surface area (Å²) in [6.45, 7) is 7.37. The number of carbonyl (C=O) groups is 2. The number of anilines is 1. The molecule has 2 aromatic rings. The Morgan fingerprint density at radius 1 is 1.02 bits per heavy atom. The molecule has 0 aliphatic carbocycles. The van der Waals surface area contributed by atoms with Crippen LogP contribution < -0.4 is 25.6 Å². The van der Waals surface area contributed by atoms with Crippen molar-refractivity contribution in [3.8, 4) is 11.5 Å². The number of hydrogen-bond acceptors (Lipinski definition) is 7. The van der Waals surface area contributed by atoms with Crippen LogP contribution in [0.2, 0.25) is 0 Å². The minimum atomic E-state index is 0.0555. The Kier molecular flexibility index (Phi) is 9.78. The summed E-state index contributed by atoms with van der Waals surface area (Å²) in [6, 6.07) is 13.6. The fourth-order valence-electron chi connectivity index (χ4n) is 6.18. The molecule has 40 heavy (non-hydrogen) atoms. The summed E-state index contributed by atoms with van der Waals surface area (Å²) in [5.41, 5.74) is 3.28. The van der Waals surface area contributed by atoms with Crippen LogP contribution in [0.15, 0.2) is 42.5 Å². The number of piperidine rings is 1. The van der Waals surface area contributed by atoms with E-state index < -0.39 is 0 Å². The minimum Gasteiger partial charge on any atom is -0.508 e. The van der Waals surface area contributed by atoms with Crippen molar-refractivity contribution < 1.29 is 19.4 Å². The SMILES string of the molecule is O=C(C[C@@H]1CCN2C[C@@H]1CCCOc1ccc(N3CCNCC3)cc1CNCC2=O)NCCc1cccc(O)c1. The summed E-state index contributed by atoms with van der Waals surface area (Å²) in [5, 5.41) is 19.5. The van der Waals surface area contributed by atoms with E-state index in [0.717, 1.165) is 62.3 Å². The van der Waals surface area contributed by atoms with Gasteiger partial charge in [0.25, 0.3) is 0 Å². The molecule has 2 bridgehead atoms. The first kappa shape index (κ1) is 28.2. The van der Waals surface area contributed by atoms with Crippen molar-refractivity contribution in [2.75, 3.05) is 63.9 Å². The second-order valence-electron chi connectivity index (χ2n) is 11.2. The number of hydrogen-bond donors (Lipinski definition) is 4. The number of benzene rings is 2. The van der Waals surface area contributed by atoms with E-state index >= 15 is 0 Å². The number of ether oxygens (including phenoxy) is 1. The largest absolute Gasteiger partial charge is 0.508 e. The molecule has 3 aliphatic heterocycles. The van der Waals surface area contributed by atoms with Gasteiger partial charge in [-0.25, -0.2) is 0 Å². The van der Waals surface area contributed by atoms with E-state index in [9.17, 15) is 14.7 Å². The van der Waals surface area contributed by atoms with Crippen molar-refractivity contribution in [1.82, 2.24) is 20.9 Å². The molecule has 2 saturated heterocycles. The van der Waals surface area contributed by atoms with Gasteiger partial charge in [0.2, 0.25) is 11.8 Å². The summed E-state index contributed by atoms with van der Waals surface area (Å²) < 4.78 is 6.26. The Morgan fingerprint density at radius 2 is 1.90 bits per heavy atom. The van der Waals surface area contributed by atoms with Crippen LogP contribution in [-0.2, 0) is 22.6 Å². The zero-order valence-corrected chi connectivity index (χ0v) is 23.4. The Labute approximate surface area is 237 Å². The number of carbonyl (C=O) groups excluding carboxylic acids is 2. The van der Waals surface area contributed by atoms with Gasteiger partial charge < -0.3 is 35.6 Å². The molecule has 4 N–H and O–H groups in total. The van der Waals surface area contributed by atoms with Crippen LogP contribution in [0.25, 0.3) is 0 Å². The van der Waals surface area contributed by atoms with E-state index in [1.54, 1.807) is 12.1 Å². The van der Waals surface area contributed by atoms with Gasteiger partial charge in [-0.2, -0.15) is 0 Å². The van der Waals surface area contributed by atoms with Gasteiger partial charge in [0.15, 0.2) is 0 Å². The molecule has 0 spiro atoms. The smallest absolute Gasteiger partial charge is 0.236 e. The average Bonchev–Trinajstić information content (AvgIpc) is 2.97. The predicted octanol–water partition coefficient (Wildman–Crippen LogP) is 2.28. The molecule has 9 nitrogen and oxygen atoms in total. The van der Waals surface area contributed by atoms with Gasteiger partial charge in [0, 0.05) is 70.0 Å².